The van der Waals surface area contributed by atoms with Gasteiger partial charge in [-0.15, -0.1) is 0 Å². The predicted octanol–water partition coefficient (Wildman–Crippen LogP) is 2.64. The van der Waals surface area contributed by atoms with Crippen molar-refractivity contribution < 1.29 is 13.2 Å². The molecule has 6 heteroatoms. The van der Waals surface area contributed by atoms with Gasteiger partial charge in [-0.05, 0) is 23.9 Å². The Labute approximate surface area is 147 Å². The summed E-state index contributed by atoms with van der Waals surface area (Å²) < 4.78 is 27.8. The second kappa shape index (κ2) is 5.97. The molecule has 2 aliphatic heterocycles. The molecule has 1 amide bonds. The summed E-state index contributed by atoms with van der Waals surface area (Å²) in [5, 5.41) is 4.74. The zero-order valence-electron chi connectivity index (χ0n) is 14.0. The molecular weight excluding hydrogens is 336 g/mol. The van der Waals surface area contributed by atoms with E-state index in [-0.39, 0.29) is 22.8 Å². The van der Waals surface area contributed by atoms with E-state index < -0.39 is 10.0 Å². The zero-order chi connectivity index (χ0) is 17.6. The number of fused-ring (bicyclic) bond motifs is 2. The first kappa shape index (κ1) is 16.3. The number of benzene rings is 2. The molecule has 2 heterocycles. The summed E-state index contributed by atoms with van der Waals surface area (Å²) in [5.74, 6) is -0.637. The summed E-state index contributed by atoms with van der Waals surface area (Å²) in [7, 11) is -3.94. The Morgan fingerprint density at radius 2 is 1.92 bits per heavy atom. The zero-order valence-corrected chi connectivity index (χ0v) is 14.8. The van der Waals surface area contributed by atoms with Crippen LogP contribution in [0, 0.1) is 5.92 Å². The van der Waals surface area contributed by atoms with Gasteiger partial charge in [0.15, 0.2) is 0 Å². The van der Waals surface area contributed by atoms with E-state index in [2.05, 4.69) is 5.32 Å². The Morgan fingerprint density at radius 1 is 1.16 bits per heavy atom. The quantitative estimate of drug-likeness (QED) is 0.915. The fourth-order valence-corrected chi connectivity index (χ4v) is 5.63. The minimum atomic E-state index is -3.94. The van der Waals surface area contributed by atoms with Gasteiger partial charge in [0.05, 0.1) is 22.6 Å². The van der Waals surface area contributed by atoms with Gasteiger partial charge in [-0.3, -0.25) is 4.79 Å². The number of amides is 1. The summed E-state index contributed by atoms with van der Waals surface area (Å²) >= 11 is 0. The molecule has 0 aromatic heterocycles. The van der Waals surface area contributed by atoms with Gasteiger partial charge in [-0.25, -0.2) is 12.7 Å². The van der Waals surface area contributed by atoms with Crippen LogP contribution in [-0.2, 0) is 14.8 Å². The number of nitrogens with one attached hydrogen (secondary N) is 1. The molecule has 0 saturated carbocycles. The molecule has 1 N–H and O–H groups in total. The highest BCUT2D eigenvalue weighted by molar-refractivity contribution is 7.90. The normalized spacial score (nSPS) is 23.2. The molecule has 0 spiro atoms. The maximum Gasteiger partial charge on any atom is 0.271 e. The molecule has 2 aromatic rings. The standard InChI is InChI=1S/C19H20N2O3S/c1-2-6-15-18-16(11-12-20-18)21(19(15)22)25(23,24)17-10-5-8-13-7-3-4-9-14(13)17/h3-5,7-11,15,18,20H,2,6,12H2,1H3/t15-,18-/m1/s1. The van der Waals surface area contributed by atoms with Gasteiger partial charge < -0.3 is 5.32 Å². The van der Waals surface area contributed by atoms with Crippen LogP contribution < -0.4 is 5.32 Å². The van der Waals surface area contributed by atoms with E-state index >= 15 is 0 Å². The van der Waals surface area contributed by atoms with Crippen molar-refractivity contribution >= 4 is 26.7 Å². The third-order valence-corrected chi connectivity index (χ3v) is 6.77. The molecule has 0 unspecified atom stereocenters. The highest BCUT2D eigenvalue weighted by atomic mass is 32.2. The van der Waals surface area contributed by atoms with Gasteiger partial charge in [0.25, 0.3) is 10.0 Å². The summed E-state index contributed by atoms with van der Waals surface area (Å²) in [6, 6.07) is 12.3. The number of carbonyl (C=O) groups excluding carboxylic acids is 1. The third-order valence-electron chi connectivity index (χ3n) is 4.99. The van der Waals surface area contributed by atoms with Crippen LogP contribution in [0.3, 0.4) is 0 Å². The van der Waals surface area contributed by atoms with E-state index in [0.29, 0.717) is 24.0 Å². The maximum absolute atomic E-state index is 13.4. The fourth-order valence-electron chi connectivity index (χ4n) is 3.88. The topological polar surface area (TPSA) is 66.5 Å². The SMILES string of the molecule is CCC[C@H]1C(=O)N(S(=O)(=O)c2cccc3ccccc23)C2=CCN[C@@H]21. The highest BCUT2D eigenvalue weighted by Gasteiger charge is 2.50. The lowest BCUT2D eigenvalue weighted by molar-refractivity contribution is -0.127. The smallest absolute Gasteiger partial charge is 0.271 e. The predicted molar refractivity (Wildman–Crippen MR) is 96.3 cm³/mol. The second-order valence-corrected chi connectivity index (χ2v) is 8.25. The molecule has 2 atom stereocenters. The molecular formula is C19H20N2O3S. The largest absolute Gasteiger partial charge is 0.304 e. The van der Waals surface area contributed by atoms with E-state index in [4.69, 9.17) is 0 Å². The van der Waals surface area contributed by atoms with E-state index in [0.717, 1.165) is 16.1 Å². The Balaban J connectivity index is 1.86. The molecule has 130 valence electrons. The van der Waals surface area contributed by atoms with E-state index in [9.17, 15) is 13.2 Å². The van der Waals surface area contributed by atoms with Crippen LogP contribution in [0.15, 0.2) is 59.1 Å². The van der Waals surface area contributed by atoms with E-state index in [1.165, 1.54) is 0 Å². The number of sulfonamides is 1. The summed E-state index contributed by atoms with van der Waals surface area (Å²) in [6.07, 6.45) is 3.33. The molecule has 0 bridgehead atoms. The van der Waals surface area contributed by atoms with Crippen molar-refractivity contribution in [2.45, 2.75) is 30.7 Å². The summed E-state index contributed by atoms with van der Waals surface area (Å²) in [5.41, 5.74) is 0.580. The molecule has 0 aliphatic carbocycles. The van der Waals surface area contributed by atoms with Crippen molar-refractivity contribution in [1.82, 2.24) is 9.62 Å². The minimum Gasteiger partial charge on any atom is -0.304 e. The lowest BCUT2D eigenvalue weighted by Gasteiger charge is -2.19. The van der Waals surface area contributed by atoms with Crippen LogP contribution in [-0.4, -0.2) is 31.2 Å². The third kappa shape index (κ3) is 2.40. The number of carbonyl (C=O) groups is 1. The van der Waals surface area contributed by atoms with Crippen molar-refractivity contribution in [3.05, 3.63) is 54.2 Å². The van der Waals surface area contributed by atoms with E-state index in [1.807, 2.05) is 37.3 Å². The first-order valence-corrected chi connectivity index (χ1v) is 10.00. The first-order valence-electron chi connectivity index (χ1n) is 8.56. The van der Waals surface area contributed by atoms with Crippen LogP contribution >= 0.6 is 0 Å². The van der Waals surface area contributed by atoms with Crippen molar-refractivity contribution in [1.29, 1.82) is 0 Å². The number of hydrogen-bond donors (Lipinski definition) is 1. The molecule has 2 aromatic carbocycles. The molecule has 0 radical (unpaired) electrons. The first-order chi connectivity index (χ1) is 12.1. The lowest BCUT2D eigenvalue weighted by atomic mass is 9.97. The van der Waals surface area contributed by atoms with Crippen molar-refractivity contribution in [3.63, 3.8) is 0 Å². The Kier molecular flexibility index (Phi) is 3.89. The van der Waals surface area contributed by atoms with Gasteiger partial charge in [-0.1, -0.05) is 49.7 Å². The maximum atomic E-state index is 13.4. The van der Waals surface area contributed by atoms with Crippen LogP contribution in [0.25, 0.3) is 10.8 Å². The minimum absolute atomic E-state index is 0.183. The van der Waals surface area contributed by atoms with Crippen molar-refractivity contribution in [2.24, 2.45) is 5.92 Å². The molecule has 25 heavy (non-hydrogen) atoms. The van der Waals surface area contributed by atoms with Crippen molar-refractivity contribution in [2.75, 3.05) is 6.54 Å². The van der Waals surface area contributed by atoms with Gasteiger partial charge in [-0.2, -0.15) is 0 Å². The molecule has 5 nitrogen and oxygen atoms in total. The van der Waals surface area contributed by atoms with Crippen LogP contribution in [0.2, 0.25) is 0 Å². The number of nitrogens with zero attached hydrogens (tertiary/aromatic N) is 1. The second-order valence-electron chi connectivity index (χ2n) is 6.50. The summed E-state index contributed by atoms with van der Waals surface area (Å²) in [6.45, 7) is 2.60. The molecule has 2 aliphatic rings. The van der Waals surface area contributed by atoms with Crippen LogP contribution in [0.1, 0.15) is 19.8 Å². The molecule has 4 rings (SSSR count). The Bertz CT molecular complexity index is 976. The van der Waals surface area contributed by atoms with Gasteiger partial charge >= 0.3 is 0 Å². The average Bonchev–Trinajstić information content (AvgIpc) is 3.16. The number of hydrogen-bond acceptors (Lipinski definition) is 4. The Hall–Kier alpha value is -2.18. The van der Waals surface area contributed by atoms with Crippen LogP contribution in [0.5, 0.6) is 0 Å². The average molecular weight is 356 g/mol. The highest BCUT2D eigenvalue weighted by Crippen LogP contribution is 2.39. The van der Waals surface area contributed by atoms with E-state index in [1.54, 1.807) is 18.2 Å². The molecule has 1 saturated heterocycles. The summed E-state index contributed by atoms with van der Waals surface area (Å²) in [4.78, 5) is 13.1. The van der Waals surface area contributed by atoms with Gasteiger partial charge in [0.1, 0.15) is 0 Å². The van der Waals surface area contributed by atoms with Crippen molar-refractivity contribution in [3.8, 4) is 0 Å². The Morgan fingerprint density at radius 3 is 2.72 bits per heavy atom. The van der Waals surface area contributed by atoms with Gasteiger partial charge in [0, 0.05) is 11.9 Å². The number of rotatable bonds is 4. The monoisotopic (exact) mass is 356 g/mol. The van der Waals surface area contributed by atoms with Crippen LogP contribution in [0.4, 0.5) is 0 Å². The fraction of sp³-hybridized carbons (Fsp3) is 0.316. The van der Waals surface area contributed by atoms with Gasteiger partial charge in [0.2, 0.25) is 5.91 Å². The lowest BCUT2D eigenvalue weighted by Crippen LogP contribution is -2.34. The molecule has 1 fully saturated rings.